The zero-order chi connectivity index (χ0) is 12.4. The molecule has 0 aliphatic rings. The minimum absolute atomic E-state index is 0.165. The summed E-state index contributed by atoms with van der Waals surface area (Å²) >= 11 is 5.96. The van der Waals surface area contributed by atoms with Crippen molar-refractivity contribution < 1.29 is 14.6 Å². The van der Waals surface area contributed by atoms with Crippen molar-refractivity contribution in [1.29, 1.82) is 0 Å². The number of hydrogen-bond donors (Lipinski definition) is 1. The van der Waals surface area contributed by atoms with Gasteiger partial charge in [-0.1, -0.05) is 11.6 Å². The molecule has 0 radical (unpaired) electrons. The van der Waals surface area contributed by atoms with E-state index in [9.17, 15) is 5.11 Å². The third-order valence-electron chi connectivity index (χ3n) is 2.54. The molecule has 0 aliphatic carbocycles. The fourth-order valence-electron chi connectivity index (χ4n) is 1.68. The van der Waals surface area contributed by atoms with Crippen LogP contribution in [0.25, 0.3) is 10.9 Å². The number of methoxy groups -OCH3 is 2. The maximum atomic E-state index is 9.17. The second kappa shape index (κ2) is 4.77. The van der Waals surface area contributed by atoms with E-state index >= 15 is 0 Å². The van der Waals surface area contributed by atoms with Crippen LogP contribution in [-0.4, -0.2) is 24.3 Å². The van der Waals surface area contributed by atoms with Crippen molar-refractivity contribution >= 4 is 22.5 Å². The minimum atomic E-state index is -0.165. The van der Waals surface area contributed by atoms with Gasteiger partial charge in [0.25, 0.3) is 0 Å². The first-order valence-corrected chi connectivity index (χ1v) is 5.40. The van der Waals surface area contributed by atoms with E-state index in [1.807, 2.05) is 0 Å². The molecule has 5 heteroatoms. The maximum Gasteiger partial charge on any atom is 0.145 e. The number of pyridine rings is 1. The molecule has 4 nitrogen and oxygen atoms in total. The summed E-state index contributed by atoms with van der Waals surface area (Å²) in [6.07, 6.45) is 0. The number of aromatic nitrogens is 1. The third-order valence-corrected chi connectivity index (χ3v) is 2.87. The van der Waals surface area contributed by atoms with E-state index in [0.29, 0.717) is 22.6 Å². The van der Waals surface area contributed by atoms with Gasteiger partial charge in [0.15, 0.2) is 0 Å². The molecule has 0 saturated heterocycles. The van der Waals surface area contributed by atoms with E-state index < -0.39 is 0 Å². The van der Waals surface area contributed by atoms with Gasteiger partial charge in [-0.05, 0) is 18.2 Å². The van der Waals surface area contributed by atoms with Gasteiger partial charge >= 0.3 is 0 Å². The molecule has 0 amide bonds. The average molecular weight is 254 g/mol. The van der Waals surface area contributed by atoms with Gasteiger partial charge in [-0.2, -0.15) is 0 Å². The Bertz CT molecular complexity index is 557. The third kappa shape index (κ3) is 2.01. The summed E-state index contributed by atoms with van der Waals surface area (Å²) in [7, 11) is 3.14. The Morgan fingerprint density at radius 2 is 1.88 bits per heavy atom. The number of halogens is 1. The lowest BCUT2D eigenvalue weighted by atomic mass is 10.1. The minimum Gasteiger partial charge on any atom is -0.496 e. The normalized spacial score (nSPS) is 10.6. The molecule has 2 rings (SSSR count). The monoisotopic (exact) mass is 253 g/mol. The van der Waals surface area contributed by atoms with E-state index in [2.05, 4.69) is 4.98 Å². The van der Waals surface area contributed by atoms with Crippen molar-refractivity contribution in [3.05, 3.63) is 28.9 Å². The topological polar surface area (TPSA) is 51.6 Å². The molecule has 0 atom stereocenters. The zero-order valence-electron chi connectivity index (χ0n) is 9.53. The number of rotatable bonds is 3. The predicted octanol–water partition coefficient (Wildman–Crippen LogP) is 2.40. The summed E-state index contributed by atoms with van der Waals surface area (Å²) in [5.74, 6) is 1.28. The quantitative estimate of drug-likeness (QED) is 0.854. The standard InChI is InChI=1S/C12H12ClNO3/c1-16-9-3-4-10(17-2)11-8(9)5-7(6-15)12(13)14-11/h3-5,15H,6H2,1-2H3. The number of benzene rings is 1. The van der Waals surface area contributed by atoms with Crippen LogP contribution in [0.4, 0.5) is 0 Å². The van der Waals surface area contributed by atoms with E-state index in [-0.39, 0.29) is 11.8 Å². The average Bonchev–Trinajstić information content (AvgIpc) is 2.36. The van der Waals surface area contributed by atoms with Gasteiger partial charge < -0.3 is 14.6 Å². The van der Waals surface area contributed by atoms with Crippen LogP contribution in [0.1, 0.15) is 5.56 Å². The molecule has 0 saturated carbocycles. The number of aliphatic hydroxyl groups is 1. The highest BCUT2D eigenvalue weighted by molar-refractivity contribution is 6.30. The molecule has 0 aliphatic heterocycles. The first-order valence-electron chi connectivity index (χ1n) is 5.02. The van der Waals surface area contributed by atoms with Crippen molar-refractivity contribution in [3.8, 4) is 11.5 Å². The Morgan fingerprint density at radius 3 is 2.47 bits per heavy atom. The first kappa shape index (κ1) is 12.0. The summed E-state index contributed by atoms with van der Waals surface area (Å²) in [6, 6.07) is 5.31. The second-order valence-electron chi connectivity index (χ2n) is 3.46. The smallest absolute Gasteiger partial charge is 0.145 e. The van der Waals surface area contributed by atoms with Crippen molar-refractivity contribution in [1.82, 2.24) is 4.98 Å². The summed E-state index contributed by atoms with van der Waals surface area (Å²) < 4.78 is 10.5. The first-order chi connectivity index (χ1) is 8.21. The Kier molecular flexibility index (Phi) is 3.36. The SMILES string of the molecule is COc1ccc(OC)c2nc(Cl)c(CO)cc12. The fraction of sp³-hybridized carbons (Fsp3) is 0.250. The van der Waals surface area contributed by atoms with Crippen LogP contribution in [0.15, 0.2) is 18.2 Å². The van der Waals surface area contributed by atoms with Gasteiger partial charge in [-0.25, -0.2) is 4.98 Å². The van der Waals surface area contributed by atoms with Gasteiger partial charge in [-0.3, -0.25) is 0 Å². The summed E-state index contributed by atoms with van der Waals surface area (Å²) in [6.45, 7) is -0.165. The van der Waals surface area contributed by atoms with Crippen LogP contribution in [0.5, 0.6) is 11.5 Å². The highest BCUT2D eigenvalue weighted by Crippen LogP contribution is 2.34. The largest absolute Gasteiger partial charge is 0.496 e. The molecule has 2 aromatic rings. The van der Waals surface area contributed by atoms with Crippen molar-refractivity contribution in [2.24, 2.45) is 0 Å². The van der Waals surface area contributed by atoms with Gasteiger partial charge in [0, 0.05) is 10.9 Å². The van der Waals surface area contributed by atoms with Crippen LogP contribution < -0.4 is 9.47 Å². The number of ether oxygens (including phenoxy) is 2. The summed E-state index contributed by atoms with van der Waals surface area (Å²) in [5.41, 5.74) is 1.18. The molecule has 0 unspecified atom stereocenters. The van der Waals surface area contributed by atoms with Crippen molar-refractivity contribution in [3.63, 3.8) is 0 Å². The number of aliphatic hydroxyl groups excluding tert-OH is 1. The van der Waals surface area contributed by atoms with Crippen LogP contribution in [0, 0.1) is 0 Å². The molecule has 0 fully saturated rings. The van der Waals surface area contributed by atoms with E-state index in [0.717, 1.165) is 5.39 Å². The van der Waals surface area contributed by atoms with Gasteiger partial charge in [-0.15, -0.1) is 0 Å². The molecule has 1 aromatic heterocycles. The second-order valence-corrected chi connectivity index (χ2v) is 3.82. The highest BCUT2D eigenvalue weighted by Gasteiger charge is 2.12. The maximum absolute atomic E-state index is 9.17. The van der Waals surface area contributed by atoms with Crippen LogP contribution >= 0.6 is 11.6 Å². The van der Waals surface area contributed by atoms with Crippen molar-refractivity contribution in [2.45, 2.75) is 6.61 Å². The summed E-state index contributed by atoms with van der Waals surface area (Å²) in [4.78, 5) is 4.23. The Morgan fingerprint density at radius 1 is 1.24 bits per heavy atom. The Labute approximate surface area is 104 Å². The molecular weight excluding hydrogens is 242 g/mol. The van der Waals surface area contributed by atoms with E-state index in [1.54, 1.807) is 32.4 Å². The van der Waals surface area contributed by atoms with E-state index in [4.69, 9.17) is 21.1 Å². The number of hydrogen-bond acceptors (Lipinski definition) is 4. The molecule has 0 spiro atoms. The van der Waals surface area contributed by atoms with Crippen LogP contribution in [0.2, 0.25) is 5.15 Å². The molecular formula is C12H12ClNO3. The Hall–Kier alpha value is -1.52. The lowest BCUT2D eigenvalue weighted by Crippen LogP contribution is -1.95. The van der Waals surface area contributed by atoms with Crippen LogP contribution in [0.3, 0.4) is 0 Å². The lowest BCUT2D eigenvalue weighted by Gasteiger charge is -2.10. The molecule has 17 heavy (non-hydrogen) atoms. The zero-order valence-corrected chi connectivity index (χ0v) is 10.3. The molecule has 1 aromatic carbocycles. The number of nitrogens with zero attached hydrogens (tertiary/aromatic N) is 1. The molecule has 1 heterocycles. The number of fused-ring (bicyclic) bond motifs is 1. The lowest BCUT2D eigenvalue weighted by molar-refractivity contribution is 0.281. The molecule has 90 valence electrons. The molecule has 1 N–H and O–H groups in total. The highest BCUT2D eigenvalue weighted by atomic mass is 35.5. The van der Waals surface area contributed by atoms with Gasteiger partial charge in [0.2, 0.25) is 0 Å². The molecule has 0 bridgehead atoms. The van der Waals surface area contributed by atoms with E-state index in [1.165, 1.54) is 0 Å². The van der Waals surface area contributed by atoms with Crippen molar-refractivity contribution in [2.75, 3.05) is 14.2 Å². The predicted molar refractivity (Wildman–Crippen MR) is 65.8 cm³/mol. The Balaban J connectivity index is 2.81. The fourth-order valence-corrected chi connectivity index (χ4v) is 1.88. The van der Waals surface area contributed by atoms with Gasteiger partial charge in [0.1, 0.15) is 22.2 Å². The summed E-state index contributed by atoms with van der Waals surface area (Å²) in [5, 5.41) is 10.2. The van der Waals surface area contributed by atoms with Gasteiger partial charge in [0.05, 0.1) is 20.8 Å². The van der Waals surface area contributed by atoms with Crippen LogP contribution in [-0.2, 0) is 6.61 Å².